The minimum absolute atomic E-state index is 0.331. The molecule has 2 atom stereocenters. The first-order valence-electron chi connectivity index (χ1n) is 7.38. The van der Waals surface area contributed by atoms with E-state index in [1.807, 2.05) is 6.07 Å². The van der Waals surface area contributed by atoms with Crippen LogP contribution in [-0.4, -0.2) is 18.6 Å². The SMILES string of the molecule is CC(CC1CCCCCN1)Nc1cc(C#N)ccc1Cl. The van der Waals surface area contributed by atoms with E-state index in [1.54, 1.807) is 12.1 Å². The van der Waals surface area contributed by atoms with Crippen molar-refractivity contribution in [3.8, 4) is 6.07 Å². The molecule has 0 saturated carbocycles. The lowest BCUT2D eigenvalue weighted by Crippen LogP contribution is -2.33. The summed E-state index contributed by atoms with van der Waals surface area (Å²) in [4.78, 5) is 0. The summed E-state index contributed by atoms with van der Waals surface area (Å²) < 4.78 is 0. The third kappa shape index (κ3) is 4.40. The number of halogens is 1. The van der Waals surface area contributed by atoms with Gasteiger partial charge in [0.2, 0.25) is 0 Å². The van der Waals surface area contributed by atoms with Crippen molar-refractivity contribution in [2.45, 2.75) is 51.1 Å². The molecule has 0 amide bonds. The summed E-state index contributed by atoms with van der Waals surface area (Å²) in [5.41, 5.74) is 1.49. The smallest absolute Gasteiger partial charge is 0.0992 e. The highest BCUT2D eigenvalue weighted by Gasteiger charge is 2.15. The zero-order chi connectivity index (χ0) is 14.4. The average molecular weight is 292 g/mol. The zero-order valence-electron chi connectivity index (χ0n) is 12.0. The highest BCUT2D eigenvalue weighted by atomic mass is 35.5. The molecule has 0 aliphatic carbocycles. The maximum atomic E-state index is 8.95. The third-order valence-electron chi connectivity index (χ3n) is 3.80. The molecule has 3 nitrogen and oxygen atoms in total. The summed E-state index contributed by atoms with van der Waals surface area (Å²) in [5.74, 6) is 0. The minimum atomic E-state index is 0.331. The summed E-state index contributed by atoms with van der Waals surface area (Å²) in [6.45, 7) is 3.30. The second-order valence-corrected chi connectivity index (χ2v) is 6.00. The number of rotatable bonds is 4. The number of hydrogen-bond donors (Lipinski definition) is 2. The van der Waals surface area contributed by atoms with Crippen LogP contribution in [0.3, 0.4) is 0 Å². The second-order valence-electron chi connectivity index (χ2n) is 5.59. The molecular formula is C16H22ClN3. The van der Waals surface area contributed by atoms with Gasteiger partial charge in [-0.25, -0.2) is 0 Å². The quantitative estimate of drug-likeness (QED) is 0.883. The normalized spacial score (nSPS) is 20.8. The lowest BCUT2D eigenvalue weighted by atomic mass is 10.0. The van der Waals surface area contributed by atoms with Crippen LogP contribution in [0.1, 0.15) is 44.6 Å². The Balaban J connectivity index is 1.93. The average Bonchev–Trinajstić information content (AvgIpc) is 2.70. The molecule has 0 radical (unpaired) electrons. The van der Waals surface area contributed by atoms with Gasteiger partial charge in [-0.3, -0.25) is 0 Å². The van der Waals surface area contributed by atoms with E-state index in [0.717, 1.165) is 18.7 Å². The van der Waals surface area contributed by atoms with E-state index in [4.69, 9.17) is 16.9 Å². The van der Waals surface area contributed by atoms with Crippen LogP contribution in [0.15, 0.2) is 18.2 Å². The number of nitriles is 1. The molecule has 1 aliphatic rings. The van der Waals surface area contributed by atoms with Crippen molar-refractivity contribution in [1.82, 2.24) is 5.32 Å². The van der Waals surface area contributed by atoms with Crippen molar-refractivity contribution in [3.05, 3.63) is 28.8 Å². The summed E-state index contributed by atoms with van der Waals surface area (Å²) in [6.07, 6.45) is 6.26. The maximum Gasteiger partial charge on any atom is 0.0992 e. The van der Waals surface area contributed by atoms with Gasteiger partial charge in [0, 0.05) is 12.1 Å². The van der Waals surface area contributed by atoms with Crippen LogP contribution in [0.4, 0.5) is 5.69 Å². The van der Waals surface area contributed by atoms with Crippen LogP contribution >= 0.6 is 11.6 Å². The van der Waals surface area contributed by atoms with Gasteiger partial charge in [-0.05, 0) is 50.9 Å². The van der Waals surface area contributed by atoms with E-state index in [9.17, 15) is 0 Å². The predicted octanol–water partition coefficient (Wildman–Crippen LogP) is 3.93. The van der Waals surface area contributed by atoms with Gasteiger partial charge < -0.3 is 10.6 Å². The summed E-state index contributed by atoms with van der Waals surface area (Å²) in [6, 6.07) is 8.40. The summed E-state index contributed by atoms with van der Waals surface area (Å²) in [7, 11) is 0. The Morgan fingerprint density at radius 2 is 2.30 bits per heavy atom. The van der Waals surface area contributed by atoms with Crippen LogP contribution < -0.4 is 10.6 Å². The molecule has 2 rings (SSSR count). The Kier molecular flexibility index (Phi) is 5.70. The van der Waals surface area contributed by atoms with Crippen molar-refractivity contribution in [2.75, 3.05) is 11.9 Å². The van der Waals surface area contributed by atoms with Crippen LogP contribution in [0, 0.1) is 11.3 Å². The monoisotopic (exact) mass is 291 g/mol. The molecule has 1 heterocycles. The molecule has 1 aromatic rings. The fourth-order valence-corrected chi connectivity index (χ4v) is 2.93. The Bertz CT molecular complexity index is 473. The lowest BCUT2D eigenvalue weighted by molar-refractivity contribution is 0.456. The fraction of sp³-hybridized carbons (Fsp3) is 0.562. The van der Waals surface area contributed by atoms with Crippen molar-refractivity contribution in [2.24, 2.45) is 0 Å². The van der Waals surface area contributed by atoms with Crippen molar-refractivity contribution in [1.29, 1.82) is 5.26 Å². The van der Waals surface area contributed by atoms with E-state index in [-0.39, 0.29) is 0 Å². The Morgan fingerprint density at radius 1 is 1.45 bits per heavy atom. The molecule has 108 valence electrons. The van der Waals surface area contributed by atoms with Gasteiger partial charge in [-0.15, -0.1) is 0 Å². The first-order valence-corrected chi connectivity index (χ1v) is 7.76. The van der Waals surface area contributed by atoms with Crippen molar-refractivity contribution in [3.63, 3.8) is 0 Å². The standard InChI is InChI=1S/C16H22ClN3/c1-12(9-14-5-3-2-4-8-19-14)20-16-10-13(11-18)6-7-15(16)17/h6-7,10,12,14,19-20H,2-5,8-9H2,1H3. The number of benzene rings is 1. The van der Waals surface area contributed by atoms with Crippen LogP contribution in [0.5, 0.6) is 0 Å². The van der Waals surface area contributed by atoms with E-state index in [1.165, 1.54) is 25.7 Å². The molecule has 0 aromatic heterocycles. The first-order chi connectivity index (χ1) is 9.69. The molecule has 1 saturated heterocycles. The number of nitrogens with zero attached hydrogens (tertiary/aromatic N) is 1. The first kappa shape index (κ1) is 15.2. The van der Waals surface area contributed by atoms with Gasteiger partial charge in [-0.2, -0.15) is 5.26 Å². The maximum absolute atomic E-state index is 8.95. The summed E-state index contributed by atoms with van der Waals surface area (Å²) in [5, 5.41) is 16.7. The predicted molar refractivity (Wildman–Crippen MR) is 84.1 cm³/mol. The molecular weight excluding hydrogens is 270 g/mol. The number of hydrogen-bond acceptors (Lipinski definition) is 3. The molecule has 0 bridgehead atoms. The van der Waals surface area contributed by atoms with Gasteiger partial charge in [0.25, 0.3) is 0 Å². The van der Waals surface area contributed by atoms with E-state index in [0.29, 0.717) is 22.7 Å². The van der Waals surface area contributed by atoms with Crippen LogP contribution in [0.2, 0.25) is 5.02 Å². The molecule has 1 aliphatic heterocycles. The molecule has 2 unspecified atom stereocenters. The molecule has 4 heteroatoms. The van der Waals surface area contributed by atoms with Gasteiger partial charge in [0.1, 0.15) is 0 Å². The van der Waals surface area contributed by atoms with Crippen LogP contribution in [-0.2, 0) is 0 Å². The molecule has 20 heavy (non-hydrogen) atoms. The lowest BCUT2D eigenvalue weighted by Gasteiger charge is -2.22. The van der Waals surface area contributed by atoms with E-state index in [2.05, 4.69) is 23.6 Å². The molecule has 2 N–H and O–H groups in total. The largest absolute Gasteiger partial charge is 0.381 e. The Hall–Kier alpha value is -1.24. The minimum Gasteiger partial charge on any atom is -0.381 e. The van der Waals surface area contributed by atoms with Crippen LogP contribution in [0.25, 0.3) is 0 Å². The Morgan fingerprint density at radius 3 is 3.10 bits per heavy atom. The zero-order valence-corrected chi connectivity index (χ0v) is 12.7. The van der Waals surface area contributed by atoms with Gasteiger partial charge in [-0.1, -0.05) is 24.4 Å². The Labute approximate surface area is 126 Å². The fourth-order valence-electron chi connectivity index (χ4n) is 2.76. The summed E-state index contributed by atoms with van der Waals surface area (Å²) >= 11 is 6.18. The second kappa shape index (κ2) is 7.52. The van der Waals surface area contributed by atoms with Gasteiger partial charge in [0.05, 0.1) is 22.3 Å². The number of nitrogens with one attached hydrogen (secondary N) is 2. The molecule has 1 aromatic carbocycles. The topological polar surface area (TPSA) is 47.8 Å². The van der Waals surface area contributed by atoms with Crippen molar-refractivity contribution >= 4 is 17.3 Å². The van der Waals surface area contributed by atoms with E-state index < -0.39 is 0 Å². The highest BCUT2D eigenvalue weighted by Crippen LogP contribution is 2.24. The van der Waals surface area contributed by atoms with Crippen molar-refractivity contribution < 1.29 is 0 Å². The van der Waals surface area contributed by atoms with Gasteiger partial charge >= 0.3 is 0 Å². The molecule has 0 spiro atoms. The van der Waals surface area contributed by atoms with E-state index >= 15 is 0 Å². The highest BCUT2D eigenvalue weighted by molar-refractivity contribution is 6.33. The van der Waals surface area contributed by atoms with Gasteiger partial charge in [0.15, 0.2) is 0 Å². The molecule has 1 fully saturated rings. The third-order valence-corrected chi connectivity index (χ3v) is 4.13. The number of anilines is 1.